The first-order chi connectivity index (χ1) is 27.0. The number of hydrogen-bond donors (Lipinski definition) is 0. The Balaban J connectivity index is 1.21. The van der Waals surface area contributed by atoms with E-state index in [0.29, 0.717) is 11.8 Å². The second-order valence-corrected chi connectivity index (χ2v) is 60.5. The molecule has 4 aliphatic rings. The zero-order valence-corrected chi connectivity index (χ0v) is 38.9. The molecular formula is C52H53Cl2SiZr. The maximum absolute atomic E-state index is 9.03. The van der Waals surface area contributed by atoms with Crippen LogP contribution in [0, 0.1) is 11.8 Å². The number of benzene rings is 6. The molecule has 0 N–H and O–H groups in total. The van der Waals surface area contributed by atoms with Gasteiger partial charge in [0.25, 0.3) is 0 Å². The second kappa shape index (κ2) is 13.5. The van der Waals surface area contributed by atoms with Crippen LogP contribution in [0.25, 0.3) is 56.0 Å². The maximum atomic E-state index is 9.03. The summed E-state index contributed by atoms with van der Waals surface area (Å²) in [6.45, 7) is 14.5. The quantitative estimate of drug-likeness (QED) is 0.127. The number of hydrogen-bond acceptors (Lipinski definition) is 0. The van der Waals surface area contributed by atoms with E-state index >= 15 is 0 Å². The van der Waals surface area contributed by atoms with Crippen molar-refractivity contribution in [1.82, 2.24) is 0 Å². The first-order valence-corrected chi connectivity index (χ1v) is 37.7. The summed E-state index contributed by atoms with van der Waals surface area (Å²) in [6, 6.07) is 37.6. The van der Waals surface area contributed by atoms with Crippen LogP contribution in [0.4, 0.5) is 0 Å². The average molecular weight is 868 g/mol. The van der Waals surface area contributed by atoms with Crippen LogP contribution in [0.15, 0.2) is 108 Å². The molecule has 6 aromatic carbocycles. The number of halogens is 2. The van der Waals surface area contributed by atoms with Gasteiger partial charge in [-0.15, -0.1) is 0 Å². The fourth-order valence-electron chi connectivity index (χ4n) is 11.7. The Labute approximate surface area is 342 Å². The van der Waals surface area contributed by atoms with Gasteiger partial charge in [-0.25, -0.2) is 0 Å². The minimum atomic E-state index is -5.04. The van der Waals surface area contributed by atoms with E-state index in [1.165, 1.54) is 99.5 Å². The van der Waals surface area contributed by atoms with Gasteiger partial charge in [-0.2, -0.15) is 0 Å². The van der Waals surface area contributed by atoms with Crippen molar-refractivity contribution >= 4 is 56.6 Å². The third kappa shape index (κ3) is 5.17. The summed E-state index contributed by atoms with van der Waals surface area (Å²) < 4.78 is 0.133. The standard InChI is InChI=1S/2C25H23.C2H7Si.2ClH.Zr/c2*1-3-16(2)20-14-19-7-5-8-21(24(19)15-20)22-13-12-18-11-10-17-6-4-9-23(22)25(17)18;1-3-2;;;/h2*4-9,12-16H,3,10-11H2,1-2H3;3H,1-2H3;2*1H;/q;;;;;+2/p-2. The Morgan fingerprint density at radius 2 is 0.929 bits per heavy atom. The van der Waals surface area contributed by atoms with Crippen molar-refractivity contribution in [2.24, 2.45) is 11.8 Å². The van der Waals surface area contributed by atoms with Crippen molar-refractivity contribution in [2.45, 2.75) is 86.6 Å². The summed E-state index contributed by atoms with van der Waals surface area (Å²) in [6.07, 6.45) is 11.8. The van der Waals surface area contributed by atoms with E-state index in [-0.39, 0.29) is 7.25 Å². The van der Waals surface area contributed by atoms with Gasteiger partial charge >= 0.3 is 346 Å². The molecule has 0 saturated carbocycles. The molecule has 0 aromatic heterocycles. The van der Waals surface area contributed by atoms with Crippen LogP contribution in [-0.2, 0) is 41.2 Å². The molecule has 0 fully saturated rings. The van der Waals surface area contributed by atoms with Gasteiger partial charge in [0, 0.05) is 0 Å². The van der Waals surface area contributed by atoms with Crippen LogP contribution in [0.1, 0.15) is 92.3 Å². The van der Waals surface area contributed by atoms with Crippen molar-refractivity contribution < 1.29 is 15.6 Å². The molecule has 0 amide bonds. The van der Waals surface area contributed by atoms with Crippen molar-refractivity contribution in [3.63, 3.8) is 0 Å². The first-order valence-electron chi connectivity index (χ1n) is 21.4. The van der Waals surface area contributed by atoms with Crippen molar-refractivity contribution in [1.29, 1.82) is 0 Å². The fourth-order valence-corrected chi connectivity index (χ4v) is 42.9. The molecule has 6 aromatic rings. The van der Waals surface area contributed by atoms with Gasteiger partial charge in [0.05, 0.1) is 0 Å². The number of rotatable bonds is 9. The Kier molecular flexibility index (Phi) is 9.00. The molecule has 0 radical (unpaired) electrons. The summed E-state index contributed by atoms with van der Waals surface area (Å²) >= 11 is -5.04. The van der Waals surface area contributed by atoms with Crippen LogP contribution in [0.2, 0.25) is 13.1 Å². The van der Waals surface area contributed by atoms with E-state index in [0.717, 1.165) is 38.5 Å². The van der Waals surface area contributed by atoms with Crippen LogP contribution in [-0.4, -0.2) is 5.92 Å². The monoisotopic (exact) mass is 865 g/mol. The third-order valence-corrected chi connectivity index (χ3v) is 66.8. The Bertz CT molecular complexity index is 2500. The van der Waals surface area contributed by atoms with Gasteiger partial charge in [-0.1, -0.05) is 0 Å². The molecule has 0 bridgehead atoms. The van der Waals surface area contributed by atoms with Gasteiger partial charge in [0.1, 0.15) is 0 Å². The molecule has 0 saturated heterocycles. The summed E-state index contributed by atoms with van der Waals surface area (Å²) in [4.78, 5) is 0. The number of aryl methyl sites for hydroxylation is 4. The van der Waals surface area contributed by atoms with E-state index in [9.17, 15) is 0 Å². The molecule has 4 heteroatoms. The van der Waals surface area contributed by atoms with Gasteiger partial charge in [0.15, 0.2) is 0 Å². The second-order valence-electron chi connectivity index (χ2n) is 18.0. The van der Waals surface area contributed by atoms with Gasteiger partial charge in [-0.05, 0) is 0 Å². The van der Waals surface area contributed by atoms with Crippen molar-refractivity contribution in [2.75, 3.05) is 0 Å². The predicted octanol–water partition coefficient (Wildman–Crippen LogP) is 15.2. The van der Waals surface area contributed by atoms with E-state index < -0.39 is 21.5 Å². The first kappa shape index (κ1) is 37.3. The summed E-state index contributed by atoms with van der Waals surface area (Å²) in [5.41, 5.74) is 19.8. The molecule has 56 heavy (non-hydrogen) atoms. The zero-order valence-electron chi connectivity index (χ0n) is 33.8. The Morgan fingerprint density at radius 1 is 0.536 bits per heavy atom. The van der Waals surface area contributed by atoms with Gasteiger partial charge in [0.2, 0.25) is 0 Å². The molecule has 0 spiro atoms. The van der Waals surface area contributed by atoms with Crippen molar-refractivity contribution in [3.05, 3.63) is 153 Å². The fraction of sp³-hybridized carbons (Fsp3) is 0.308. The van der Waals surface area contributed by atoms with Gasteiger partial charge < -0.3 is 0 Å². The molecule has 0 aliphatic heterocycles. The van der Waals surface area contributed by atoms with Crippen LogP contribution < -0.4 is 0 Å². The summed E-state index contributed by atoms with van der Waals surface area (Å²) in [5, 5.41) is 5.71. The minimum absolute atomic E-state index is 0.0666. The topological polar surface area (TPSA) is 0 Å². The molecule has 10 rings (SSSR count). The third-order valence-electron chi connectivity index (χ3n) is 15.1. The number of allylic oxidation sites excluding steroid dienone is 2. The van der Waals surface area contributed by atoms with Crippen LogP contribution in [0.3, 0.4) is 0 Å². The number of fused-ring (bicyclic) bond motifs is 2. The Hall–Kier alpha value is -3.00. The van der Waals surface area contributed by atoms with E-state index in [4.69, 9.17) is 17.0 Å². The molecule has 4 aliphatic carbocycles. The van der Waals surface area contributed by atoms with Crippen molar-refractivity contribution in [3.8, 4) is 22.3 Å². The van der Waals surface area contributed by atoms with Crippen LogP contribution >= 0.6 is 17.0 Å². The van der Waals surface area contributed by atoms with E-state index in [1.807, 2.05) is 0 Å². The molecule has 283 valence electrons. The van der Waals surface area contributed by atoms with Gasteiger partial charge in [-0.3, -0.25) is 0 Å². The molecular weight excluding hydrogens is 815 g/mol. The Morgan fingerprint density at radius 3 is 1.32 bits per heavy atom. The summed E-state index contributed by atoms with van der Waals surface area (Å²) in [7, 11) is 18.1. The molecule has 0 nitrogen and oxygen atoms in total. The predicted molar refractivity (Wildman–Crippen MR) is 245 cm³/mol. The van der Waals surface area contributed by atoms with Crippen LogP contribution in [0.5, 0.6) is 0 Å². The average Bonchev–Trinajstić information content (AvgIpc) is 4.02. The molecule has 4 unspecified atom stereocenters. The summed E-state index contributed by atoms with van der Waals surface area (Å²) in [5.74, 6) is -0.977. The van der Waals surface area contributed by atoms with E-state index in [2.05, 4.69) is 150 Å². The molecule has 0 heterocycles. The SMILES string of the molecule is CCC(C)C1=Cc2c(-c3ccc4c5c(cccc35)CC4)cccc2[CH]1[Zr]([Cl])([Cl])([CH]1C(C(C)CC)=Cc2c(-c3ccc4c5c(cccc35)CC4)cccc21)[SiH](C)C. The molecule has 4 atom stereocenters. The normalized spacial score (nSPS) is 19.9. The zero-order chi connectivity index (χ0) is 38.7. The van der Waals surface area contributed by atoms with E-state index in [1.54, 1.807) is 0 Å².